The van der Waals surface area contributed by atoms with Gasteiger partial charge in [-0.3, -0.25) is 0 Å². The van der Waals surface area contributed by atoms with E-state index in [1.54, 1.807) is 0 Å². The van der Waals surface area contributed by atoms with Crippen molar-refractivity contribution in [1.82, 2.24) is 0 Å². The molecule has 0 atom stereocenters. The van der Waals surface area contributed by atoms with Gasteiger partial charge in [-0.05, 0) is 47.7 Å². The molecule has 0 saturated carbocycles. The minimum atomic E-state index is 0.706. The fraction of sp³-hybridized carbons (Fsp3) is 0.0952. The molecule has 23 heavy (non-hydrogen) atoms. The summed E-state index contributed by atoms with van der Waals surface area (Å²) >= 11 is 6.24. The molecule has 0 amide bonds. The summed E-state index contributed by atoms with van der Waals surface area (Å²) in [6.07, 6.45) is 1.95. The molecule has 1 nitrogen and oxygen atoms in total. The molecule has 0 aliphatic heterocycles. The average molecular weight is 318 g/mol. The van der Waals surface area contributed by atoms with E-state index in [1.165, 1.54) is 11.1 Å². The summed E-state index contributed by atoms with van der Waals surface area (Å²) in [5, 5.41) is 9.59. The first-order valence-electron chi connectivity index (χ1n) is 7.59. The third kappa shape index (κ3) is 3.80. The minimum Gasteiger partial charge on any atom is -0.192 e. The van der Waals surface area contributed by atoms with Crippen LogP contribution in [0.4, 0.5) is 0 Å². The van der Waals surface area contributed by atoms with E-state index in [2.05, 4.69) is 30.3 Å². The second-order valence-corrected chi connectivity index (χ2v) is 5.89. The van der Waals surface area contributed by atoms with Crippen molar-refractivity contribution >= 4 is 11.6 Å². The molecule has 0 bridgehead atoms. The predicted molar refractivity (Wildman–Crippen MR) is 95.5 cm³/mol. The van der Waals surface area contributed by atoms with E-state index in [-0.39, 0.29) is 0 Å². The van der Waals surface area contributed by atoms with Gasteiger partial charge in [0, 0.05) is 10.6 Å². The van der Waals surface area contributed by atoms with Gasteiger partial charge in [0.25, 0.3) is 0 Å². The molecule has 0 N–H and O–H groups in total. The third-order valence-corrected chi connectivity index (χ3v) is 4.25. The van der Waals surface area contributed by atoms with E-state index in [0.717, 1.165) is 29.0 Å². The number of nitrogens with zero attached hydrogens (tertiary/aromatic N) is 1. The van der Waals surface area contributed by atoms with Crippen LogP contribution < -0.4 is 0 Å². The molecule has 2 heteroatoms. The van der Waals surface area contributed by atoms with Crippen molar-refractivity contribution in [2.24, 2.45) is 0 Å². The molecule has 0 saturated heterocycles. The van der Waals surface area contributed by atoms with Crippen LogP contribution in [0.15, 0.2) is 72.8 Å². The highest BCUT2D eigenvalue weighted by Gasteiger charge is 2.03. The largest absolute Gasteiger partial charge is 0.192 e. The average Bonchev–Trinajstić information content (AvgIpc) is 2.61. The third-order valence-electron chi connectivity index (χ3n) is 3.92. The monoisotopic (exact) mass is 317 g/mol. The van der Waals surface area contributed by atoms with Crippen molar-refractivity contribution in [3.8, 4) is 17.2 Å². The molecule has 3 aromatic rings. The molecule has 3 aromatic carbocycles. The standard InChI is InChI=1S/C21H16ClN/c22-21-4-2-1-3-20(21)19-13-11-17(12-14-19)6-5-16-7-9-18(15-23)10-8-16/h1-4,7-14H,5-6H2. The van der Waals surface area contributed by atoms with E-state index in [0.29, 0.717) is 5.56 Å². The van der Waals surface area contributed by atoms with E-state index in [4.69, 9.17) is 16.9 Å². The first-order valence-corrected chi connectivity index (χ1v) is 7.97. The normalized spacial score (nSPS) is 10.3. The number of benzene rings is 3. The Balaban J connectivity index is 1.68. The molecule has 0 heterocycles. The van der Waals surface area contributed by atoms with E-state index >= 15 is 0 Å². The summed E-state index contributed by atoms with van der Waals surface area (Å²) in [7, 11) is 0. The van der Waals surface area contributed by atoms with Crippen LogP contribution >= 0.6 is 11.6 Å². The summed E-state index contributed by atoms with van der Waals surface area (Å²) in [4.78, 5) is 0. The van der Waals surface area contributed by atoms with Gasteiger partial charge in [0.15, 0.2) is 0 Å². The van der Waals surface area contributed by atoms with Crippen LogP contribution in [0.25, 0.3) is 11.1 Å². The van der Waals surface area contributed by atoms with E-state index < -0.39 is 0 Å². The SMILES string of the molecule is N#Cc1ccc(CCc2ccc(-c3ccccc3Cl)cc2)cc1. The summed E-state index contributed by atoms with van der Waals surface area (Å²) in [5.74, 6) is 0. The van der Waals surface area contributed by atoms with Gasteiger partial charge in [-0.15, -0.1) is 0 Å². The molecular weight excluding hydrogens is 302 g/mol. The van der Waals surface area contributed by atoms with Crippen LogP contribution in [0.5, 0.6) is 0 Å². The van der Waals surface area contributed by atoms with Gasteiger partial charge in [0.1, 0.15) is 0 Å². The number of hydrogen-bond donors (Lipinski definition) is 0. The predicted octanol–water partition coefficient (Wildman–Crippen LogP) is 5.66. The zero-order valence-corrected chi connectivity index (χ0v) is 13.4. The quantitative estimate of drug-likeness (QED) is 0.608. The number of rotatable bonds is 4. The molecular formula is C21H16ClN. The van der Waals surface area contributed by atoms with Crippen molar-refractivity contribution in [3.05, 3.63) is 94.5 Å². The van der Waals surface area contributed by atoms with Crippen LogP contribution in [0.3, 0.4) is 0 Å². The highest BCUT2D eigenvalue weighted by atomic mass is 35.5. The maximum absolute atomic E-state index is 8.82. The summed E-state index contributed by atoms with van der Waals surface area (Å²) in [5.41, 5.74) is 5.45. The Bertz CT molecular complexity index is 827. The molecule has 0 fully saturated rings. The zero-order valence-electron chi connectivity index (χ0n) is 12.7. The highest BCUT2D eigenvalue weighted by molar-refractivity contribution is 6.33. The zero-order chi connectivity index (χ0) is 16.1. The van der Waals surface area contributed by atoms with Gasteiger partial charge in [-0.1, -0.05) is 66.2 Å². The Hall–Kier alpha value is -2.56. The number of aryl methyl sites for hydroxylation is 2. The van der Waals surface area contributed by atoms with Gasteiger partial charge < -0.3 is 0 Å². The van der Waals surface area contributed by atoms with Crippen LogP contribution in [0, 0.1) is 11.3 Å². The van der Waals surface area contributed by atoms with Crippen LogP contribution in [-0.4, -0.2) is 0 Å². The van der Waals surface area contributed by atoms with E-state index in [9.17, 15) is 0 Å². The molecule has 0 spiro atoms. The lowest BCUT2D eigenvalue weighted by Gasteiger charge is -2.06. The van der Waals surface area contributed by atoms with Crippen molar-refractivity contribution in [2.75, 3.05) is 0 Å². The fourth-order valence-electron chi connectivity index (χ4n) is 2.58. The van der Waals surface area contributed by atoms with Gasteiger partial charge in [0.05, 0.1) is 11.6 Å². The Morgan fingerprint density at radius 3 is 1.87 bits per heavy atom. The number of nitriles is 1. The van der Waals surface area contributed by atoms with Crippen molar-refractivity contribution in [1.29, 1.82) is 5.26 Å². The van der Waals surface area contributed by atoms with Crippen LogP contribution in [0.2, 0.25) is 5.02 Å². The lowest BCUT2D eigenvalue weighted by molar-refractivity contribution is 0.960. The first-order chi connectivity index (χ1) is 11.3. The van der Waals surface area contributed by atoms with Gasteiger partial charge in [0.2, 0.25) is 0 Å². The van der Waals surface area contributed by atoms with Gasteiger partial charge in [-0.2, -0.15) is 5.26 Å². The lowest BCUT2D eigenvalue weighted by Crippen LogP contribution is -1.91. The summed E-state index contributed by atoms with van der Waals surface area (Å²) in [6, 6.07) is 26.4. The Morgan fingerprint density at radius 2 is 1.30 bits per heavy atom. The molecule has 0 radical (unpaired) electrons. The van der Waals surface area contributed by atoms with Crippen molar-refractivity contribution < 1.29 is 0 Å². The minimum absolute atomic E-state index is 0.706. The second-order valence-electron chi connectivity index (χ2n) is 5.49. The highest BCUT2D eigenvalue weighted by Crippen LogP contribution is 2.27. The maximum Gasteiger partial charge on any atom is 0.0991 e. The molecule has 3 rings (SSSR count). The fourth-order valence-corrected chi connectivity index (χ4v) is 2.83. The van der Waals surface area contributed by atoms with Crippen LogP contribution in [-0.2, 0) is 12.8 Å². The second kappa shape index (κ2) is 7.13. The molecule has 0 aliphatic carbocycles. The molecule has 0 aliphatic rings. The Labute approximate surface area is 141 Å². The van der Waals surface area contributed by atoms with Crippen molar-refractivity contribution in [3.63, 3.8) is 0 Å². The topological polar surface area (TPSA) is 23.8 Å². The summed E-state index contributed by atoms with van der Waals surface area (Å²) < 4.78 is 0. The lowest BCUT2D eigenvalue weighted by atomic mass is 10.00. The number of halogens is 1. The number of hydrogen-bond acceptors (Lipinski definition) is 1. The van der Waals surface area contributed by atoms with E-state index in [1.807, 2.05) is 48.5 Å². The Kier molecular flexibility index (Phi) is 4.76. The van der Waals surface area contributed by atoms with Gasteiger partial charge >= 0.3 is 0 Å². The molecule has 0 aromatic heterocycles. The summed E-state index contributed by atoms with van der Waals surface area (Å²) in [6.45, 7) is 0. The first kappa shape index (κ1) is 15.3. The maximum atomic E-state index is 8.82. The molecule has 112 valence electrons. The van der Waals surface area contributed by atoms with Crippen LogP contribution in [0.1, 0.15) is 16.7 Å². The van der Waals surface area contributed by atoms with Gasteiger partial charge in [-0.25, -0.2) is 0 Å². The smallest absolute Gasteiger partial charge is 0.0991 e. The Morgan fingerprint density at radius 1 is 0.739 bits per heavy atom. The molecule has 0 unspecified atom stereocenters. The van der Waals surface area contributed by atoms with Crippen molar-refractivity contribution in [2.45, 2.75) is 12.8 Å².